The van der Waals surface area contributed by atoms with Crippen LogP contribution in [0.4, 0.5) is 0 Å². The number of hydrogen-bond donors (Lipinski definition) is 1. The molecule has 1 aliphatic carbocycles. The van der Waals surface area contributed by atoms with Crippen LogP contribution in [0, 0.1) is 11.8 Å². The summed E-state index contributed by atoms with van der Waals surface area (Å²) in [6.07, 6.45) is 5.98. The quantitative estimate of drug-likeness (QED) is 0.908. The minimum absolute atomic E-state index is 0.802. The summed E-state index contributed by atoms with van der Waals surface area (Å²) in [4.78, 5) is 1.69. The maximum atomic E-state index is 4.51. The maximum absolute atomic E-state index is 4.51. The van der Waals surface area contributed by atoms with Crippen molar-refractivity contribution in [1.29, 1.82) is 0 Å². The summed E-state index contributed by atoms with van der Waals surface area (Å²) in [6, 6.07) is 10.0. The van der Waals surface area contributed by atoms with Gasteiger partial charge in [0.15, 0.2) is 0 Å². The van der Waals surface area contributed by atoms with Crippen LogP contribution in [-0.2, 0) is 6.54 Å². The Bertz CT molecular complexity index is 534. The predicted octanol–water partition coefficient (Wildman–Crippen LogP) is 2.79. The minimum atomic E-state index is 0.802. The molecule has 1 aromatic carbocycles. The number of aromatic nitrogens is 3. The molecule has 2 unspecified atom stereocenters. The number of para-hydroxylation sites is 1. The van der Waals surface area contributed by atoms with E-state index in [0.717, 1.165) is 36.3 Å². The molecule has 0 bridgehead atoms. The zero-order valence-electron chi connectivity index (χ0n) is 12.0. The second-order valence-electron chi connectivity index (χ2n) is 5.76. The number of benzene rings is 1. The summed E-state index contributed by atoms with van der Waals surface area (Å²) in [5, 5.41) is 12.3. The summed E-state index contributed by atoms with van der Waals surface area (Å²) in [5.74, 6) is 1.70. The lowest BCUT2D eigenvalue weighted by atomic mass is 9.98. The molecule has 0 aliphatic heterocycles. The molecule has 1 heterocycles. The zero-order chi connectivity index (χ0) is 13.8. The van der Waals surface area contributed by atoms with Crippen molar-refractivity contribution in [2.45, 2.75) is 32.7 Å². The van der Waals surface area contributed by atoms with Gasteiger partial charge in [-0.3, -0.25) is 0 Å². The first-order chi connectivity index (χ1) is 9.83. The van der Waals surface area contributed by atoms with Gasteiger partial charge in [0, 0.05) is 6.54 Å². The smallest absolute Gasteiger partial charge is 0.0969 e. The third kappa shape index (κ3) is 3.07. The van der Waals surface area contributed by atoms with E-state index in [0.29, 0.717) is 0 Å². The van der Waals surface area contributed by atoms with Gasteiger partial charge in [-0.25, -0.2) is 0 Å². The molecule has 1 saturated carbocycles. The Balaban J connectivity index is 1.53. The summed E-state index contributed by atoms with van der Waals surface area (Å²) in [5.41, 5.74) is 2.00. The lowest BCUT2D eigenvalue weighted by Crippen LogP contribution is -2.24. The fraction of sp³-hybridized carbons (Fsp3) is 0.500. The Labute approximate surface area is 120 Å². The van der Waals surface area contributed by atoms with E-state index in [4.69, 9.17) is 0 Å². The molecule has 0 spiro atoms. The van der Waals surface area contributed by atoms with E-state index < -0.39 is 0 Å². The van der Waals surface area contributed by atoms with E-state index >= 15 is 0 Å². The van der Waals surface area contributed by atoms with Crippen molar-refractivity contribution < 1.29 is 0 Å². The molecular weight excluding hydrogens is 248 g/mol. The van der Waals surface area contributed by atoms with Crippen LogP contribution in [0.1, 0.15) is 31.9 Å². The zero-order valence-corrected chi connectivity index (χ0v) is 12.0. The van der Waals surface area contributed by atoms with E-state index in [1.165, 1.54) is 19.3 Å². The monoisotopic (exact) mass is 270 g/mol. The van der Waals surface area contributed by atoms with Crippen molar-refractivity contribution in [3.63, 3.8) is 0 Å². The first-order valence-corrected chi connectivity index (χ1v) is 7.50. The van der Waals surface area contributed by atoms with Crippen molar-refractivity contribution in [2.24, 2.45) is 11.8 Å². The fourth-order valence-corrected chi connectivity index (χ4v) is 2.97. The molecule has 1 aliphatic rings. The standard InChI is InChI=1S/C16H22N4/c1-13-6-5-7-14(13)10-17-11-15-12-18-20(19-15)16-8-3-2-4-9-16/h2-4,8-9,12-14,17H,5-7,10-11H2,1H3. The van der Waals surface area contributed by atoms with Crippen LogP contribution >= 0.6 is 0 Å². The van der Waals surface area contributed by atoms with E-state index in [-0.39, 0.29) is 0 Å². The first kappa shape index (κ1) is 13.3. The molecular formula is C16H22N4. The molecule has 0 saturated heterocycles. The lowest BCUT2D eigenvalue weighted by molar-refractivity contribution is 0.391. The second-order valence-corrected chi connectivity index (χ2v) is 5.76. The summed E-state index contributed by atoms with van der Waals surface area (Å²) in [7, 11) is 0. The average Bonchev–Trinajstić information content (AvgIpc) is 3.10. The van der Waals surface area contributed by atoms with Gasteiger partial charge in [0.1, 0.15) is 0 Å². The van der Waals surface area contributed by atoms with Crippen molar-refractivity contribution in [2.75, 3.05) is 6.54 Å². The average molecular weight is 270 g/mol. The Hall–Kier alpha value is -1.68. The summed E-state index contributed by atoms with van der Waals surface area (Å²) in [6.45, 7) is 4.26. The number of rotatable bonds is 5. The van der Waals surface area contributed by atoms with Gasteiger partial charge in [-0.2, -0.15) is 15.0 Å². The normalized spacial score (nSPS) is 22.2. The molecule has 1 aromatic heterocycles. The van der Waals surface area contributed by atoms with E-state index in [2.05, 4.69) is 22.4 Å². The van der Waals surface area contributed by atoms with Crippen LogP contribution < -0.4 is 5.32 Å². The first-order valence-electron chi connectivity index (χ1n) is 7.50. The predicted molar refractivity (Wildman–Crippen MR) is 79.6 cm³/mol. The van der Waals surface area contributed by atoms with Crippen LogP contribution in [0.5, 0.6) is 0 Å². The van der Waals surface area contributed by atoms with Gasteiger partial charge in [0.05, 0.1) is 17.6 Å². The van der Waals surface area contributed by atoms with Crippen LogP contribution in [0.15, 0.2) is 36.5 Å². The third-order valence-electron chi connectivity index (χ3n) is 4.28. The molecule has 1 N–H and O–H groups in total. The van der Waals surface area contributed by atoms with Crippen molar-refractivity contribution in [1.82, 2.24) is 20.3 Å². The minimum Gasteiger partial charge on any atom is -0.311 e. The third-order valence-corrected chi connectivity index (χ3v) is 4.28. The molecule has 106 valence electrons. The van der Waals surface area contributed by atoms with E-state index in [9.17, 15) is 0 Å². The van der Waals surface area contributed by atoms with Crippen LogP contribution in [0.3, 0.4) is 0 Å². The molecule has 2 aromatic rings. The molecule has 20 heavy (non-hydrogen) atoms. The Kier molecular flexibility index (Phi) is 4.11. The molecule has 1 fully saturated rings. The van der Waals surface area contributed by atoms with Gasteiger partial charge in [-0.15, -0.1) is 0 Å². The Morgan fingerprint density at radius 1 is 1.25 bits per heavy atom. The highest BCUT2D eigenvalue weighted by Gasteiger charge is 2.22. The van der Waals surface area contributed by atoms with Gasteiger partial charge in [0.25, 0.3) is 0 Å². The SMILES string of the molecule is CC1CCCC1CNCc1cnn(-c2ccccc2)n1. The highest BCUT2D eigenvalue weighted by atomic mass is 15.5. The number of nitrogens with one attached hydrogen (secondary N) is 1. The highest BCUT2D eigenvalue weighted by Crippen LogP contribution is 2.30. The molecule has 0 amide bonds. The van der Waals surface area contributed by atoms with Crippen LogP contribution in [-0.4, -0.2) is 21.5 Å². The van der Waals surface area contributed by atoms with Crippen LogP contribution in [0.2, 0.25) is 0 Å². The van der Waals surface area contributed by atoms with Crippen molar-refractivity contribution in [3.8, 4) is 5.69 Å². The molecule has 4 nitrogen and oxygen atoms in total. The lowest BCUT2D eigenvalue weighted by Gasteiger charge is -2.15. The van der Waals surface area contributed by atoms with Gasteiger partial charge in [-0.1, -0.05) is 38.0 Å². The number of nitrogens with zero attached hydrogens (tertiary/aromatic N) is 3. The largest absolute Gasteiger partial charge is 0.311 e. The molecule has 4 heteroatoms. The number of hydrogen-bond acceptors (Lipinski definition) is 3. The molecule has 2 atom stereocenters. The Morgan fingerprint density at radius 3 is 2.85 bits per heavy atom. The molecule has 3 rings (SSSR count). The van der Waals surface area contributed by atoms with Crippen molar-refractivity contribution in [3.05, 3.63) is 42.2 Å². The van der Waals surface area contributed by atoms with Crippen molar-refractivity contribution >= 4 is 0 Å². The Morgan fingerprint density at radius 2 is 2.10 bits per heavy atom. The highest BCUT2D eigenvalue weighted by molar-refractivity contribution is 5.28. The maximum Gasteiger partial charge on any atom is 0.0969 e. The van der Waals surface area contributed by atoms with E-state index in [1.807, 2.05) is 36.5 Å². The van der Waals surface area contributed by atoms with Gasteiger partial charge in [0.2, 0.25) is 0 Å². The topological polar surface area (TPSA) is 42.7 Å². The summed E-state index contributed by atoms with van der Waals surface area (Å²) >= 11 is 0. The fourth-order valence-electron chi connectivity index (χ4n) is 2.97. The molecule has 0 radical (unpaired) electrons. The van der Waals surface area contributed by atoms with Gasteiger partial charge < -0.3 is 5.32 Å². The second kappa shape index (κ2) is 6.18. The van der Waals surface area contributed by atoms with E-state index in [1.54, 1.807) is 4.80 Å². The van der Waals surface area contributed by atoms with Gasteiger partial charge in [-0.05, 0) is 36.9 Å². The van der Waals surface area contributed by atoms with Crippen LogP contribution in [0.25, 0.3) is 5.69 Å². The summed E-state index contributed by atoms with van der Waals surface area (Å²) < 4.78 is 0. The van der Waals surface area contributed by atoms with Gasteiger partial charge >= 0.3 is 0 Å².